The predicted octanol–water partition coefficient (Wildman–Crippen LogP) is 2.61. The van der Waals surface area contributed by atoms with Gasteiger partial charge in [-0.1, -0.05) is 12.7 Å². The van der Waals surface area contributed by atoms with Gasteiger partial charge in [0, 0.05) is 25.9 Å². The number of carbonyl (C=O) groups is 3. The number of esters is 1. The van der Waals surface area contributed by atoms with Gasteiger partial charge < -0.3 is 14.4 Å². The van der Waals surface area contributed by atoms with Crippen molar-refractivity contribution < 1.29 is 23.9 Å². The van der Waals surface area contributed by atoms with E-state index in [-0.39, 0.29) is 38.2 Å². The zero-order valence-electron chi connectivity index (χ0n) is 15.2. The van der Waals surface area contributed by atoms with Crippen LogP contribution in [0, 0.1) is 16.7 Å². The van der Waals surface area contributed by atoms with Crippen molar-refractivity contribution in [3.63, 3.8) is 0 Å². The summed E-state index contributed by atoms with van der Waals surface area (Å²) in [5.74, 6) is -1.02. The van der Waals surface area contributed by atoms with Crippen LogP contribution in [0.4, 0.5) is 4.79 Å². The third-order valence-electron chi connectivity index (χ3n) is 3.86. The van der Waals surface area contributed by atoms with Crippen molar-refractivity contribution in [2.24, 2.45) is 5.41 Å². The number of nitrogens with zero attached hydrogens (tertiary/aromatic N) is 2. The molecule has 1 aliphatic rings. The third-order valence-corrected chi connectivity index (χ3v) is 3.86. The molecule has 25 heavy (non-hydrogen) atoms. The molecular weight excluding hydrogens is 324 g/mol. The molecule has 1 rings (SSSR count). The quantitative estimate of drug-likeness (QED) is 0.429. The molecule has 1 unspecified atom stereocenters. The monoisotopic (exact) mass is 350 g/mol. The van der Waals surface area contributed by atoms with Gasteiger partial charge in [-0.15, -0.1) is 0 Å². The fourth-order valence-electron chi connectivity index (χ4n) is 2.69. The van der Waals surface area contributed by atoms with E-state index in [9.17, 15) is 14.4 Å². The summed E-state index contributed by atoms with van der Waals surface area (Å²) >= 11 is 0. The van der Waals surface area contributed by atoms with Gasteiger partial charge in [0.15, 0.2) is 5.78 Å². The summed E-state index contributed by atoms with van der Waals surface area (Å²) in [6.45, 7) is 8.85. The average Bonchev–Trinajstić information content (AvgIpc) is 2.69. The van der Waals surface area contributed by atoms with Crippen LogP contribution < -0.4 is 0 Å². The number of ether oxygens (including phenoxy) is 2. The van der Waals surface area contributed by atoms with Crippen LogP contribution >= 0.6 is 0 Å². The number of amides is 1. The van der Waals surface area contributed by atoms with Crippen LogP contribution in [-0.4, -0.2) is 48.0 Å². The molecular formula is C18H26N2O5. The van der Waals surface area contributed by atoms with Crippen molar-refractivity contribution in [2.75, 3.05) is 19.7 Å². The number of nitriles is 1. The molecule has 7 heteroatoms. The number of likely N-dealkylation sites (tertiary alicyclic amines) is 1. The summed E-state index contributed by atoms with van der Waals surface area (Å²) in [4.78, 5) is 39.1. The minimum atomic E-state index is -1.54. The first kappa shape index (κ1) is 20.7. The van der Waals surface area contributed by atoms with E-state index in [1.165, 1.54) is 11.0 Å². The highest BCUT2D eigenvalue weighted by molar-refractivity contribution is 6.04. The van der Waals surface area contributed by atoms with Gasteiger partial charge in [0.05, 0.1) is 6.07 Å². The molecule has 1 atom stereocenters. The van der Waals surface area contributed by atoms with Gasteiger partial charge in [0.1, 0.15) is 17.6 Å². The van der Waals surface area contributed by atoms with Crippen LogP contribution in [0.25, 0.3) is 0 Å². The first-order valence-electron chi connectivity index (χ1n) is 8.32. The summed E-state index contributed by atoms with van der Waals surface area (Å²) < 4.78 is 10.5. The fourth-order valence-corrected chi connectivity index (χ4v) is 2.69. The van der Waals surface area contributed by atoms with E-state index < -0.39 is 23.1 Å². The van der Waals surface area contributed by atoms with E-state index in [0.29, 0.717) is 13.0 Å². The molecule has 0 aromatic heterocycles. The number of ketones is 1. The molecule has 0 bridgehead atoms. The van der Waals surface area contributed by atoms with Crippen LogP contribution in [0.3, 0.4) is 0 Å². The van der Waals surface area contributed by atoms with Crippen molar-refractivity contribution in [1.29, 1.82) is 5.26 Å². The van der Waals surface area contributed by atoms with E-state index in [2.05, 4.69) is 6.58 Å². The van der Waals surface area contributed by atoms with Crippen LogP contribution in [0.15, 0.2) is 12.7 Å². The van der Waals surface area contributed by atoms with E-state index in [1.54, 1.807) is 20.8 Å². The Morgan fingerprint density at radius 2 is 2.12 bits per heavy atom. The standard InChI is InChI=1S/C18H26N2O5/c1-5-12-24-15(22)18(9-7-10-19)13-20(11-6-8-14(18)21)16(23)25-17(2,3)4/h5H,1,6-9,11-13H2,2-4H3. The second-order valence-corrected chi connectivity index (χ2v) is 7.06. The Bertz CT molecular complexity index is 573. The van der Waals surface area contributed by atoms with Crippen LogP contribution in [0.1, 0.15) is 46.5 Å². The molecule has 1 fully saturated rings. The first-order chi connectivity index (χ1) is 11.7. The Labute approximate surface area is 148 Å². The lowest BCUT2D eigenvalue weighted by Gasteiger charge is -2.33. The molecule has 0 aromatic rings. The zero-order valence-corrected chi connectivity index (χ0v) is 15.2. The number of hydrogen-bond acceptors (Lipinski definition) is 6. The highest BCUT2D eigenvalue weighted by Crippen LogP contribution is 2.33. The third kappa shape index (κ3) is 5.59. The summed E-state index contributed by atoms with van der Waals surface area (Å²) in [5.41, 5.74) is -2.22. The predicted molar refractivity (Wildman–Crippen MR) is 90.5 cm³/mol. The van der Waals surface area contributed by atoms with Gasteiger partial charge >= 0.3 is 12.1 Å². The van der Waals surface area contributed by atoms with E-state index >= 15 is 0 Å². The van der Waals surface area contributed by atoms with Gasteiger partial charge in [0.25, 0.3) is 0 Å². The highest BCUT2D eigenvalue weighted by atomic mass is 16.6. The Hall–Kier alpha value is -2.36. The second-order valence-electron chi connectivity index (χ2n) is 7.06. The van der Waals surface area contributed by atoms with Gasteiger partial charge in [0.2, 0.25) is 0 Å². The minimum absolute atomic E-state index is 0.0110. The molecule has 0 radical (unpaired) electrons. The Kier molecular flexibility index (Phi) is 7.16. The molecule has 0 spiro atoms. The Morgan fingerprint density at radius 3 is 2.68 bits per heavy atom. The van der Waals surface area contributed by atoms with Gasteiger partial charge in [-0.3, -0.25) is 9.59 Å². The Balaban J connectivity index is 3.13. The lowest BCUT2D eigenvalue weighted by atomic mass is 9.78. The van der Waals surface area contributed by atoms with Gasteiger partial charge in [-0.2, -0.15) is 5.26 Å². The zero-order chi connectivity index (χ0) is 19.1. The summed E-state index contributed by atoms with van der Waals surface area (Å²) in [6.07, 6.45) is 1.42. The maximum Gasteiger partial charge on any atom is 0.410 e. The van der Waals surface area contributed by atoms with Crippen molar-refractivity contribution in [3.05, 3.63) is 12.7 Å². The molecule has 0 saturated carbocycles. The number of hydrogen-bond donors (Lipinski definition) is 0. The maximum absolute atomic E-state index is 12.7. The Morgan fingerprint density at radius 1 is 1.44 bits per heavy atom. The lowest BCUT2D eigenvalue weighted by molar-refractivity contribution is -0.160. The van der Waals surface area contributed by atoms with E-state index in [0.717, 1.165) is 0 Å². The molecule has 1 amide bonds. The molecule has 1 heterocycles. The smallest absolute Gasteiger partial charge is 0.410 e. The van der Waals surface area contributed by atoms with Crippen molar-refractivity contribution >= 4 is 17.8 Å². The normalized spacial score (nSPS) is 21.0. The summed E-state index contributed by atoms with van der Waals surface area (Å²) in [5, 5.41) is 8.92. The van der Waals surface area contributed by atoms with E-state index in [4.69, 9.17) is 14.7 Å². The number of Topliss-reactive ketones (excluding diaryl/α,β-unsaturated/α-hetero) is 1. The van der Waals surface area contributed by atoms with Gasteiger partial charge in [-0.05, 0) is 33.6 Å². The number of rotatable bonds is 5. The molecule has 0 N–H and O–H groups in total. The molecule has 7 nitrogen and oxygen atoms in total. The lowest BCUT2D eigenvalue weighted by Crippen LogP contribution is -2.50. The van der Waals surface area contributed by atoms with Crippen LogP contribution in [0.2, 0.25) is 0 Å². The fraction of sp³-hybridized carbons (Fsp3) is 0.667. The van der Waals surface area contributed by atoms with Crippen molar-refractivity contribution in [3.8, 4) is 6.07 Å². The van der Waals surface area contributed by atoms with Crippen molar-refractivity contribution in [2.45, 2.75) is 52.1 Å². The minimum Gasteiger partial charge on any atom is -0.461 e. The topological polar surface area (TPSA) is 96.7 Å². The molecule has 1 aliphatic heterocycles. The van der Waals surface area contributed by atoms with Gasteiger partial charge in [-0.25, -0.2) is 4.79 Å². The largest absolute Gasteiger partial charge is 0.461 e. The first-order valence-corrected chi connectivity index (χ1v) is 8.32. The van der Waals surface area contributed by atoms with Crippen LogP contribution in [0.5, 0.6) is 0 Å². The summed E-state index contributed by atoms with van der Waals surface area (Å²) in [6, 6.07) is 1.96. The molecule has 138 valence electrons. The van der Waals surface area contributed by atoms with Crippen molar-refractivity contribution in [1.82, 2.24) is 4.90 Å². The summed E-state index contributed by atoms with van der Waals surface area (Å²) in [7, 11) is 0. The molecule has 1 saturated heterocycles. The molecule has 0 aromatic carbocycles. The van der Waals surface area contributed by atoms with E-state index in [1.807, 2.05) is 6.07 Å². The number of carbonyl (C=O) groups excluding carboxylic acids is 3. The average molecular weight is 350 g/mol. The highest BCUT2D eigenvalue weighted by Gasteiger charge is 2.50. The van der Waals surface area contributed by atoms with Crippen LogP contribution in [-0.2, 0) is 19.1 Å². The second kappa shape index (κ2) is 8.65. The SMILES string of the molecule is C=CCOC(=O)C1(CCC#N)CN(C(=O)OC(C)(C)C)CCCC1=O. The molecule has 0 aliphatic carbocycles. The maximum atomic E-state index is 12.7.